The number of carbonyl (C=O) groups is 3. The Morgan fingerprint density at radius 3 is 2.60 bits per heavy atom. The number of aliphatic hydroxyl groups excluding tert-OH is 1. The van der Waals surface area contributed by atoms with Crippen LogP contribution in [0.1, 0.15) is 40.4 Å². The van der Waals surface area contributed by atoms with E-state index in [-0.39, 0.29) is 23.4 Å². The van der Waals surface area contributed by atoms with Crippen LogP contribution in [0.4, 0.5) is 0 Å². The minimum absolute atomic E-state index is 0.0378. The van der Waals surface area contributed by atoms with E-state index in [1.807, 2.05) is 42.2 Å². The fourth-order valence-electron chi connectivity index (χ4n) is 5.62. The molecule has 176 valence electrons. The molecule has 2 aliphatic heterocycles. The highest BCUT2D eigenvalue weighted by atomic mass is 16.4. The molecule has 3 atom stereocenters. The average Bonchev–Trinajstić information content (AvgIpc) is 3.46. The predicted molar refractivity (Wildman–Crippen MR) is 123 cm³/mol. The zero-order chi connectivity index (χ0) is 24.6. The number of aliphatic carboxylic acids is 1. The Hall–Kier alpha value is -4.11. The highest BCUT2D eigenvalue weighted by Gasteiger charge is 2.56. The Morgan fingerprint density at radius 1 is 1.14 bits per heavy atom. The lowest BCUT2D eigenvalue weighted by Gasteiger charge is -2.44. The molecule has 0 bridgehead atoms. The van der Waals surface area contributed by atoms with Gasteiger partial charge in [0.25, 0.3) is 6.33 Å². The predicted octanol–water partition coefficient (Wildman–Crippen LogP) is 1.37. The van der Waals surface area contributed by atoms with Crippen LogP contribution in [0.25, 0.3) is 16.7 Å². The second kappa shape index (κ2) is 7.44. The first-order valence-corrected chi connectivity index (χ1v) is 11.4. The maximum atomic E-state index is 13.2. The molecule has 2 aromatic carbocycles. The fraction of sp³-hybridized carbons (Fsp3) is 0.269. The maximum absolute atomic E-state index is 13.2. The molecule has 3 aromatic rings. The van der Waals surface area contributed by atoms with Crippen molar-refractivity contribution in [3.8, 4) is 11.1 Å². The summed E-state index contributed by atoms with van der Waals surface area (Å²) in [7, 11) is 1.89. The lowest BCUT2D eigenvalue weighted by molar-refractivity contribution is -0.672. The number of hydrogen-bond donors (Lipinski definition) is 2. The van der Waals surface area contributed by atoms with Gasteiger partial charge in [0.1, 0.15) is 12.2 Å². The molecule has 0 unspecified atom stereocenters. The molecule has 0 radical (unpaired) electrons. The van der Waals surface area contributed by atoms with Crippen molar-refractivity contribution in [3.63, 3.8) is 0 Å². The number of amides is 1. The number of aryl methyl sites for hydroxylation is 1. The summed E-state index contributed by atoms with van der Waals surface area (Å²) in [4.78, 5) is 39.1. The number of aliphatic hydroxyl groups is 1. The van der Waals surface area contributed by atoms with Crippen molar-refractivity contribution in [2.45, 2.75) is 32.0 Å². The summed E-state index contributed by atoms with van der Waals surface area (Å²) in [5.74, 6) is -2.21. The second-order valence-corrected chi connectivity index (χ2v) is 9.46. The molecular formula is C26H23N4O5+. The van der Waals surface area contributed by atoms with Crippen LogP contribution < -0.4 is 4.57 Å². The van der Waals surface area contributed by atoms with Crippen molar-refractivity contribution < 1.29 is 29.2 Å². The van der Waals surface area contributed by atoms with Crippen LogP contribution >= 0.6 is 0 Å². The summed E-state index contributed by atoms with van der Waals surface area (Å²) in [5.41, 5.74) is 4.87. The van der Waals surface area contributed by atoms with Crippen molar-refractivity contribution in [2.24, 2.45) is 13.0 Å². The van der Waals surface area contributed by atoms with Crippen LogP contribution in [0.5, 0.6) is 0 Å². The summed E-state index contributed by atoms with van der Waals surface area (Å²) in [6.45, 7) is 2.09. The number of aromatic nitrogens is 3. The normalized spacial score (nSPS) is 21.1. The first-order chi connectivity index (χ1) is 16.7. The Kier molecular flexibility index (Phi) is 4.56. The number of nitrogens with zero attached hydrogens (tertiary/aromatic N) is 4. The summed E-state index contributed by atoms with van der Waals surface area (Å²) >= 11 is 0. The minimum Gasteiger partial charge on any atom is -0.477 e. The van der Waals surface area contributed by atoms with Gasteiger partial charge in [-0.15, -0.1) is 4.68 Å². The third-order valence-corrected chi connectivity index (χ3v) is 7.20. The van der Waals surface area contributed by atoms with Gasteiger partial charge in [0.05, 0.1) is 25.1 Å². The number of carboxylic acid groups (broad SMARTS) is 1. The van der Waals surface area contributed by atoms with Gasteiger partial charge in [-0.05, 0) is 59.4 Å². The van der Waals surface area contributed by atoms with E-state index < -0.39 is 18.0 Å². The van der Waals surface area contributed by atoms with E-state index in [9.17, 15) is 24.6 Å². The maximum Gasteiger partial charge on any atom is 0.352 e. The van der Waals surface area contributed by atoms with E-state index in [1.165, 1.54) is 4.90 Å². The number of ketones is 1. The monoisotopic (exact) mass is 471 g/mol. The molecule has 3 aliphatic rings. The van der Waals surface area contributed by atoms with Crippen molar-refractivity contribution >= 4 is 23.2 Å². The molecule has 1 fully saturated rings. The van der Waals surface area contributed by atoms with Gasteiger partial charge in [-0.2, -0.15) is 0 Å². The lowest BCUT2D eigenvalue weighted by Crippen LogP contribution is -2.61. The van der Waals surface area contributed by atoms with Crippen LogP contribution in [0.2, 0.25) is 0 Å². The number of β-lactam (4-membered cyclic amide) rings is 1. The molecule has 9 heteroatoms. The summed E-state index contributed by atoms with van der Waals surface area (Å²) < 4.78 is 3.64. The first kappa shape index (κ1) is 21.4. The van der Waals surface area contributed by atoms with E-state index in [1.54, 1.807) is 30.1 Å². The molecule has 0 saturated carbocycles. The largest absolute Gasteiger partial charge is 0.477 e. The van der Waals surface area contributed by atoms with Gasteiger partial charge in [-0.1, -0.05) is 18.2 Å². The Bertz CT molecular complexity index is 1480. The average molecular weight is 471 g/mol. The van der Waals surface area contributed by atoms with E-state index in [0.717, 1.165) is 16.7 Å². The zero-order valence-electron chi connectivity index (χ0n) is 19.2. The molecule has 1 aliphatic carbocycles. The first-order valence-electron chi connectivity index (χ1n) is 11.4. The summed E-state index contributed by atoms with van der Waals surface area (Å²) in [5, 5.41) is 24.2. The molecule has 1 amide bonds. The number of carbonyl (C=O) groups excluding carboxylic acids is 2. The molecule has 9 nitrogen and oxygen atoms in total. The van der Waals surface area contributed by atoms with Gasteiger partial charge in [-0.25, -0.2) is 9.36 Å². The Morgan fingerprint density at radius 2 is 1.91 bits per heavy atom. The summed E-state index contributed by atoms with van der Waals surface area (Å²) in [6, 6.07) is 10.7. The number of rotatable bonds is 5. The Balaban J connectivity index is 1.38. The van der Waals surface area contributed by atoms with Gasteiger partial charge >= 0.3 is 5.97 Å². The van der Waals surface area contributed by atoms with Gasteiger partial charge in [0, 0.05) is 16.2 Å². The Labute approximate surface area is 200 Å². The van der Waals surface area contributed by atoms with Gasteiger partial charge in [-0.3, -0.25) is 9.59 Å². The molecule has 1 aromatic heterocycles. The highest BCUT2D eigenvalue weighted by Crippen LogP contribution is 2.48. The molecule has 2 N–H and O–H groups in total. The van der Waals surface area contributed by atoms with Crippen LogP contribution in [0.15, 0.2) is 54.7 Å². The van der Waals surface area contributed by atoms with E-state index in [2.05, 4.69) is 5.10 Å². The highest BCUT2D eigenvalue weighted by molar-refractivity contribution is 6.22. The molecule has 35 heavy (non-hydrogen) atoms. The lowest BCUT2D eigenvalue weighted by atomic mass is 9.82. The van der Waals surface area contributed by atoms with Gasteiger partial charge in [0.2, 0.25) is 12.2 Å². The molecular weight excluding hydrogens is 448 g/mol. The van der Waals surface area contributed by atoms with E-state index >= 15 is 0 Å². The van der Waals surface area contributed by atoms with Crippen molar-refractivity contribution in [3.05, 3.63) is 77.0 Å². The number of benzene rings is 2. The minimum atomic E-state index is -1.17. The number of carboxylic acids is 1. The smallest absolute Gasteiger partial charge is 0.352 e. The zero-order valence-corrected chi connectivity index (χ0v) is 19.2. The van der Waals surface area contributed by atoms with Crippen LogP contribution in [0.3, 0.4) is 0 Å². The third-order valence-electron chi connectivity index (χ3n) is 7.20. The molecule has 6 rings (SSSR count). The quantitative estimate of drug-likeness (QED) is 0.336. The molecule has 0 spiro atoms. The van der Waals surface area contributed by atoms with Crippen molar-refractivity contribution in [2.75, 3.05) is 0 Å². The molecule has 1 saturated heterocycles. The van der Waals surface area contributed by atoms with Crippen LogP contribution in [-0.2, 0) is 23.2 Å². The van der Waals surface area contributed by atoms with Crippen molar-refractivity contribution in [1.82, 2.24) is 14.7 Å². The molecule has 3 heterocycles. The summed E-state index contributed by atoms with van der Waals surface area (Å²) in [6.07, 6.45) is 3.07. The third kappa shape index (κ3) is 3.08. The van der Waals surface area contributed by atoms with E-state index in [4.69, 9.17) is 0 Å². The van der Waals surface area contributed by atoms with Crippen LogP contribution in [0, 0.1) is 5.92 Å². The van der Waals surface area contributed by atoms with E-state index in [0.29, 0.717) is 35.2 Å². The fourth-order valence-corrected chi connectivity index (χ4v) is 5.62. The number of hydrogen-bond acceptors (Lipinski definition) is 5. The topological polar surface area (TPSA) is 117 Å². The number of fused-ring (bicyclic) bond motifs is 4. The van der Waals surface area contributed by atoms with Crippen LogP contribution in [-0.4, -0.2) is 54.7 Å². The standard InChI is InChI=1S/C26H22N4O5/c1-13(31)22-21-9-18(23(26(34)35)30(21)25(22)33)15-4-6-17-19(8-15)16-5-3-14(7-20(16)24(17)32)10-29-12-28(2)11-27-29/h3-8,11-13,21-22,31H,9-10H2,1-2H3/p+1/t13-,21-,22-/m1/s1. The van der Waals surface area contributed by atoms with Crippen molar-refractivity contribution in [1.29, 1.82) is 0 Å². The van der Waals surface area contributed by atoms with Gasteiger partial charge in [0.15, 0.2) is 5.78 Å². The van der Waals surface area contributed by atoms with Gasteiger partial charge < -0.3 is 15.1 Å². The SMILES string of the molecule is C[C@@H](O)[C@H]1C(=O)N2C(C(=O)O)=C(c3ccc4c(c3)-c3ccc(Cn5c[n+](C)cn5)cc3C4=O)C[C@H]12. The second-order valence-electron chi connectivity index (χ2n) is 9.46.